The van der Waals surface area contributed by atoms with Crippen molar-refractivity contribution in [3.8, 4) is 0 Å². The Hall–Kier alpha value is -1.24. The average Bonchev–Trinajstić information content (AvgIpc) is 2.79. The molecule has 7 heteroatoms. The van der Waals surface area contributed by atoms with E-state index in [1.165, 1.54) is 0 Å². The van der Waals surface area contributed by atoms with Crippen molar-refractivity contribution < 1.29 is 9.59 Å². The molecule has 1 amide bonds. The molecule has 4 nitrogen and oxygen atoms in total. The van der Waals surface area contributed by atoms with E-state index in [-0.39, 0.29) is 17.0 Å². The van der Waals surface area contributed by atoms with E-state index < -0.39 is 0 Å². The van der Waals surface area contributed by atoms with Crippen molar-refractivity contribution in [3.05, 3.63) is 45.4 Å². The highest BCUT2D eigenvalue weighted by atomic mass is 79.9. The second-order valence-electron chi connectivity index (χ2n) is 3.92. The molecule has 20 heavy (non-hydrogen) atoms. The zero-order valence-electron chi connectivity index (χ0n) is 10.4. The zero-order valence-corrected chi connectivity index (χ0v) is 13.6. The molecule has 0 bridgehead atoms. The number of hydrogen-bond acceptors (Lipinski definition) is 4. The Balaban J connectivity index is 2.21. The van der Waals surface area contributed by atoms with Gasteiger partial charge in [-0.05, 0) is 19.1 Å². The molecule has 2 aromatic rings. The van der Waals surface area contributed by atoms with Crippen LogP contribution in [-0.4, -0.2) is 22.0 Å². The Labute approximate surface area is 133 Å². The highest BCUT2D eigenvalue weighted by molar-refractivity contribution is 9.09. The zero-order chi connectivity index (χ0) is 14.7. The summed E-state index contributed by atoms with van der Waals surface area (Å²) in [5.74, 6) is -0.402. The summed E-state index contributed by atoms with van der Waals surface area (Å²) in [5.41, 5.74) is 0.976. The van der Waals surface area contributed by atoms with Gasteiger partial charge in [0.15, 0.2) is 10.9 Å². The largest absolute Gasteiger partial charge is 0.298 e. The molecule has 1 N–H and O–H groups in total. The fraction of sp³-hybridized carbons (Fsp3) is 0.154. The molecule has 0 unspecified atom stereocenters. The van der Waals surface area contributed by atoms with Crippen LogP contribution in [0.4, 0.5) is 5.13 Å². The molecule has 0 aliphatic carbocycles. The third kappa shape index (κ3) is 3.26. The number of benzene rings is 1. The molecular formula is C13H10BrClN2O2S. The molecule has 0 saturated heterocycles. The summed E-state index contributed by atoms with van der Waals surface area (Å²) in [7, 11) is 0. The van der Waals surface area contributed by atoms with Gasteiger partial charge in [-0.3, -0.25) is 14.9 Å². The quantitative estimate of drug-likeness (QED) is 0.652. The highest BCUT2D eigenvalue weighted by Crippen LogP contribution is 2.25. The number of Topliss-reactive ketones (excluding diaryl/α,β-unsaturated/α-hetero) is 1. The van der Waals surface area contributed by atoms with E-state index in [0.29, 0.717) is 26.3 Å². The molecule has 0 saturated carbocycles. The summed E-state index contributed by atoms with van der Waals surface area (Å²) < 4.78 is 0. The van der Waals surface area contributed by atoms with Gasteiger partial charge < -0.3 is 0 Å². The van der Waals surface area contributed by atoms with Crippen molar-refractivity contribution in [2.45, 2.75) is 6.92 Å². The Morgan fingerprint density at radius 3 is 2.75 bits per heavy atom. The molecule has 0 aliphatic heterocycles. The van der Waals surface area contributed by atoms with Gasteiger partial charge in [0.05, 0.1) is 26.5 Å². The summed E-state index contributed by atoms with van der Waals surface area (Å²) in [6, 6.07) is 6.75. The van der Waals surface area contributed by atoms with Gasteiger partial charge in [-0.25, -0.2) is 4.98 Å². The number of aryl methyl sites for hydroxylation is 1. The first-order valence-electron chi connectivity index (χ1n) is 5.65. The number of alkyl halides is 1. The number of ketones is 1. The van der Waals surface area contributed by atoms with Crippen molar-refractivity contribution in [1.29, 1.82) is 0 Å². The van der Waals surface area contributed by atoms with E-state index in [9.17, 15) is 9.59 Å². The summed E-state index contributed by atoms with van der Waals surface area (Å²) >= 11 is 10.2. The van der Waals surface area contributed by atoms with Crippen molar-refractivity contribution in [2.75, 3.05) is 10.6 Å². The molecule has 1 aromatic carbocycles. The first-order chi connectivity index (χ1) is 9.52. The summed E-state index contributed by atoms with van der Waals surface area (Å²) in [6.07, 6.45) is 0. The lowest BCUT2D eigenvalue weighted by molar-refractivity contribution is 0.101. The smallest absolute Gasteiger partial charge is 0.258 e. The second-order valence-corrected chi connectivity index (χ2v) is 5.89. The lowest BCUT2D eigenvalue weighted by Gasteiger charge is -2.03. The minimum absolute atomic E-state index is 0.0572. The number of carbonyl (C=O) groups excluding carboxylic acids is 2. The summed E-state index contributed by atoms with van der Waals surface area (Å²) in [6.45, 7) is 1.73. The van der Waals surface area contributed by atoms with E-state index in [0.717, 1.165) is 11.3 Å². The third-order valence-corrected chi connectivity index (χ3v) is 4.46. The van der Waals surface area contributed by atoms with Crippen LogP contribution in [0, 0.1) is 6.92 Å². The molecule has 0 atom stereocenters. The Bertz CT molecular complexity index is 672. The van der Waals surface area contributed by atoms with Crippen LogP contribution in [0.3, 0.4) is 0 Å². The monoisotopic (exact) mass is 372 g/mol. The van der Waals surface area contributed by atoms with Gasteiger partial charge >= 0.3 is 0 Å². The van der Waals surface area contributed by atoms with Crippen LogP contribution in [0.1, 0.15) is 25.7 Å². The molecule has 0 radical (unpaired) electrons. The number of amides is 1. The van der Waals surface area contributed by atoms with Gasteiger partial charge in [-0.2, -0.15) is 0 Å². The van der Waals surface area contributed by atoms with Crippen LogP contribution >= 0.6 is 38.9 Å². The van der Waals surface area contributed by atoms with Crippen molar-refractivity contribution >= 4 is 55.7 Å². The van der Waals surface area contributed by atoms with Gasteiger partial charge in [-0.1, -0.05) is 51.0 Å². The van der Waals surface area contributed by atoms with E-state index in [4.69, 9.17) is 11.6 Å². The molecule has 2 rings (SSSR count). The fourth-order valence-electron chi connectivity index (χ4n) is 1.58. The molecule has 0 spiro atoms. The van der Waals surface area contributed by atoms with Crippen LogP contribution in [0.25, 0.3) is 0 Å². The number of nitrogens with zero attached hydrogens (tertiary/aromatic N) is 1. The maximum Gasteiger partial charge on any atom is 0.258 e. The number of rotatable bonds is 4. The lowest BCUT2D eigenvalue weighted by atomic mass is 10.2. The normalized spacial score (nSPS) is 10.3. The Morgan fingerprint density at radius 1 is 1.40 bits per heavy atom. The predicted octanol–water partition coefficient (Wildman–Crippen LogP) is 3.93. The maximum absolute atomic E-state index is 12.1. The molecular weight excluding hydrogens is 364 g/mol. The number of hydrogen-bond donors (Lipinski definition) is 1. The van der Waals surface area contributed by atoms with Crippen LogP contribution in [0.15, 0.2) is 24.3 Å². The summed E-state index contributed by atoms with van der Waals surface area (Å²) in [5, 5.41) is 3.64. The molecule has 104 valence electrons. The van der Waals surface area contributed by atoms with E-state index in [1.807, 2.05) is 0 Å². The lowest BCUT2D eigenvalue weighted by Crippen LogP contribution is -2.12. The number of nitrogens with one attached hydrogen (secondary N) is 1. The first-order valence-corrected chi connectivity index (χ1v) is 7.97. The molecule has 1 aromatic heterocycles. The number of thiazole rings is 1. The minimum Gasteiger partial charge on any atom is -0.298 e. The summed E-state index contributed by atoms with van der Waals surface area (Å²) in [4.78, 5) is 28.4. The number of aromatic nitrogens is 1. The predicted molar refractivity (Wildman–Crippen MR) is 84.4 cm³/mol. The topological polar surface area (TPSA) is 59.1 Å². The standard InChI is InChI=1S/C13H10BrClN2O2S/c1-7-11(10(18)6-14)20-13(16-7)17-12(19)8-4-2-3-5-9(8)15/h2-5H,6H2,1H3,(H,16,17,19). The van der Waals surface area contributed by atoms with Gasteiger partial charge in [-0.15, -0.1) is 0 Å². The Morgan fingerprint density at radius 2 is 2.10 bits per heavy atom. The van der Waals surface area contributed by atoms with E-state index in [1.54, 1.807) is 31.2 Å². The number of anilines is 1. The van der Waals surface area contributed by atoms with E-state index in [2.05, 4.69) is 26.2 Å². The van der Waals surface area contributed by atoms with Gasteiger partial charge in [0.1, 0.15) is 0 Å². The maximum atomic E-state index is 12.1. The highest BCUT2D eigenvalue weighted by Gasteiger charge is 2.17. The van der Waals surface area contributed by atoms with Crippen LogP contribution in [0.5, 0.6) is 0 Å². The van der Waals surface area contributed by atoms with Crippen LogP contribution in [-0.2, 0) is 0 Å². The van der Waals surface area contributed by atoms with E-state index >= 15 is 0 Å². The second kappa shape index (κ2) is 6.47. The molecule has 0 fully saturated rings. The SMILES string of the molecule is Cc1nc(NC(=O)c2ccccc2Cl)sc1C(=O)CBr. The van der Waals surface area contributed by atoms with Crippen molar-refractivity contribution in [3.63, 3.8) is 0 Å². The van der Waals surface area contributed by atoms with Gasteiger partial charge in [0.2, 0.25) is 0 Å². The molecule has 0 aliphatic rings. The minimum atomic E-state index is -0.345. The van der Waals surface area contributed by atoms with Gasteiger partial charge in [0, 0.05) is 0 Å². The number of halogens is 2. The molecule has 1 heterocycles. The van der Waals surface area contributed by atoms with Crippen molar-refractivity contribution in [2.24, 2.45) is 0 Å². The average molecular weight is 374 g/mol. The van der Waals surface area contributed by atoms with Crippen LogP contribution < -0.4 is 5.32 Å². The first kappa shape index (κ1) is 15.2. The Kier molecular flexibility index (Phi) is 4.91. The van der Waals surface area contributed by atoms with Crippen molar-refractivity contribution in [1.82, 2.24) is 4.98 Å². The third-order valence-electron chi connectivity index (χ3n) is 2.51. The number of carbonyl (C=O) groups is 2. The van der Waals surface area contributed by atoms with Crippen LogP contribution in [0.2, 0.25) is 5.02 Å². The fourth-order valence-corrected chi connectivity index (χ4v) is 3.17. The van der Waals surface area contributed by atoms with Gasteiger partial charge in [0.25, 0.3) is 5.91 Å².